The Kier molecular flexibility index (Phi) is 9.77. The molecule has 170 valence electrons. The van der Waals surface area contributed by atoms with Crippen molar-refractivity contribution in [3.05, 3.63) is 71.8 Å². The van der Waals surface area contributed by atoms with Crippen LogP contribution in [0.15, 0.2) is 60.2 Å². The Balaban J connectivity index is 2.09. The van der Waals surface area contributed by atoms with E-state index in [0.717, 1.165) is 5.56 Å². The van der Waals surface area contributed by atoms with Crippen molar-refractivity contribution in [3.8, 4) is 11.5 Å². The molecule has 0 aromatic heterocycles. The molecule has 0 aliphatic carbocycles. The molecule has 32 heavy (non-hydrogen) atoms. The maximum absolute atomic E-state index is 12.5. The Hall–Kier alpha value is -3.81. The zero-order valence-corrected chi connectivity index (χ0v) is 18.3. The van der Waals surface area contributed by atoms with Crippen LogP contribution in [0.25, 0.3) is 0 Å². The molecular weight excluding hydrogens is 410 g/mol. The number of hydrogen-bond acceptors (Lipinski definition) is 6. The van der Waals surface area contributed by atoms with Gasteiger partial charge in [-0.3, -0.25) is 4.79 Å². The molecule has 2 rings (SSSR count). The summed E-state index contributed by atoms with van der Waals surface area (Å²) in [4.78, 5) is 24.3. The number of phenols is 1. The lowest BCUT2D eigenvalue weighted by molar-refractivity contribution is -0.121. The number of hydrazone groups is 1. The third kappa shape index (κ3) is 7.46. The number of carbonyl (C=O) groups is 2. The minimum Gasteiger partial charge on any atom is -0.504 e. The number of phenolic OH excluding ortho intramolecular Hbond substituents is 1. The highest BCUT2D eigenvalue weighted by molar-refractivity contribution is 5.84. The summed E-state index contributed by atoms with van der Waals surface area (Å²) in [5.41, 5.74) is 4.53. The highest BCUT2D eigenvalue weighted by atomic mass is 16.5. The molecule has 1 atom stereocenters. The van der Waals surface area contributed by atoms with Crippen LogP contribution in [0.1, 0.15) is 43.0 Å². The first-order valence-electron chi connectivity index (χ1n) is 10.4. The number of alkyl carbamates (subject to hydrolysis) is 1. The van der Waals surface area contributed by atoms with Gasteiger partial charge in [-0.1, -0.05) is 36.4 Å². The highest BCUT2D eigenvalue weighted by Crippen LogP contribution is 2.32. The van der Waals surface area contributed by atoms with Crippen molar-refractivity contribution < 1.29 is 24.2 Å². The van der Waals surface area contributed by atoms with E-state index in [9.17, 15) is 14.7 Å². The van der Waals surface area contributed by atoms with Crippen LogP contribution in [-0.4, -0.2) is 36.5 Å². The van der Waals surface area contributed by atoms with Gasteiger partial charge in [0.05, 0.1) is 31.9 Å². The first-order chi connectivity index (χ1) is 15.5. The summed E-state index contributed by atoms with van der Waals surface area (Å²) in [5.74, 6) is 0.00751. The Labute approximate surface area is 187 Å². The summed E-state index contributed by atoms with van der Waals surface area (Å²) in [7, 11) is 0. The quantitative estimate of drug-likeness (QED) is 0.280. The number of aromatic hydroxyl groups is 1. The van der Waals surface area contributed by atoms with Crippen molar-refractivity contribution in [2.24, 2.45) is 5.10 Å². The number of nitrogens with zero attached hydrogens (tertiary/aromatic N) is 1. The summed E-state index contributed by atoms with van der Waals surface area (Å²) in [6.07, 6.45) is 2.97. The molecule has 8 nitrogen and oxygen atoms in total. The number of rotatable bonds is 11. The van der Waals surface area contributed by atoms with E-state index in [1.54, 1.807) is 25.1 Å². The summed E-state index contributed by atoms with van der Waals surface area (Å²) in [5, 5.41) is 17.0. The molecule has 0 radical (unpaired) electrons. The minimum atomic E-state index is -0.597. The number of hydrogen-bond donors (Lipinski definition) is 3. The average Bonchev–Trinajstić information content (AvgIpc) is 2.77. The normalized spacial score (nSPS) is 11.6. The van der Waals surface area contributed by atoms with Crippen molar-refractivity contribution in [2.75, 3.05) is 13.2 Å². The molecule has 2 aromatic rings. The van der Waals surface area contributed by atoms with E-state index in [2.05, 4.69) is 22.4 Å². The molecular formula is C24H29N3O5. The van der Waals surface area contributed by atoms with Crippen LogP contribution in [0.4, 0.5) is 4.79 Å². The Bertz CT molecular complexity index is 944. The summed E-state index contributed by atoms with van der Waals surface area (Å²) in [6.45, 7) is 7.84. The maximum Gasteiger partial charge on any atom is 0.407 e. The van der Waals surface area contributed by atoms with Crippen LogP contribution in [0.3, 0.4) is 0 Å². The van der Waals surface area contributed by atoms with Gasteiger partial charge >= 0.3 is 6.09 Å². The Morgan fingerprint density at radius 2 is 1.94 bits per heavy atom. The summed E-state index contributed by atoms with van der Waals surface area (Å²) < 4.78 is 10.4. The largest absolute Gasteiger partial charge is 0.504 e. The van der Waals surface area contributed by atoms with Crippen LogP contribution < -0.4 is 15.5 Å². The molecule has 8 heteroatoms. The van der Waals surface area contributed by atoms with E-state index in [4.69, 9.17) is 9.47 Å². The van der Waals surface area contributed by atoms with E-state index in [-0.39, 0.29) is 24.7 Å². The second-order valence-corrected chi connectivity index (χ2v) is 6.78. The third-order valence-electron chi connectivity index (χ3n) is 4.40. The lowest BCUT2D eigenvalue weighted by atomic mass is 10.0. The summed E-state index contributed by atoms with van der Waals surface area (Å²) >= 11 is 0. The Morgan fingerprint density at radius 1 is 1.19 bits per heavy atom. The molecule has 0 aliphatic heterocycles. The molecule has 0 spiro atoms. The number of allylic oxidation sites excluding steroid dienone is 1. The first kappa shape index (κ1) is 24.5. The van der Waals surface area contributed by atoms with Gasteiger partial charge in [0.25, 0.3) is 0 Å². The fourth-order valence-corrected chi connectivity index (χ4v) is 3.00. The lowest BCUT2D eigenvalue weighted by Crippen LogP contribution is -2.33. The van der Waals surface area contributed by atoms with Crippen LogP contribution in [0.5, 0.6) is 11.5 Å². The number of ether oxygens (including phenoxy) is 2. The molecule has 0 unspecified atom stereocenters. The smallest absolute Gasteiger partial charge is 0.407 e. The molecule has 2 amide bonds. The van der Waals surface area contributed by atoms with Crippen LogP contribution in [-0.2, 0) is 16.0 Å². The molecule has 3 N–H and O–H groups in total. The molecule has 0 bridgehead atoms. The van der Waals surface area contributed by atoms with Crippen LogP contribution >= 0.6 is 0 Å². The molecule has 0 aliphatic rings. The number of benzene rings is 2. The monoisotopic (exact) mass is 439 g/mol. The zero-order chi connectivity index (χ0) is 23.3. The second-order valence-electron chi connectivity index (χ2n) is 6.78. The summed E-state index contributed by atoms with van der Waals surface area (Å²) in [6, 6.07) is 12.0. The SMILES string of the molecule is C=CCc1cc(/C=N\NC(=O)C[C@@H](NC(=O)OCC)c2ccccc2)cc(OCC)c1O. The standard InChI is InChI=1S/C24H29N3O5/c1-4-10-19-13-17(14-21(23(19)29)31-5-2)16-25-27-22(28)15-20(26-24(30)32-6-3)18-11-8-7-9-12-18/h4,7-9,11-14,16,20,29H,1,5-6,10,15H2,2-3H3,(H,26,30)(H,27,28)/b25-16-/t20-/m1/s1. The van der Waals surface area contributed by atoms with Crippen LogP contribution in [0, 0.1) is 0 Å². The molecule has 2 aromatic carbocycles. The first-order valence-corrected chi connectivity index (χ1v) is 10.4. The van der Waals surface area contributed by atoms with Crippen LogP contribution in [0.2, 0.25) is 0 Å². The second kappa shape index (κ2) is 12.8. The van der Waals surface area contributed by atoms with Gasteiger partial charge < -0.3 is 19.9 Å². The van der Waals surface area contributed by atoms with Crippen molar-refractivity contribution in [3.63, 3.8) is 0 Å². The fourth-order valence-electron chi connectivity index (χ4n) is 3.00. The number of amides is 2. The van der Waals surface area contributed by atoms with Gasteiger partial charge in [0, 0.05) is 5.56 Å². The van der Waals surface area contributed by atoms with E-state index in [0.29, 0.717) is 29.9 Å². The molecule has 0 saturated carbocycles. The van der Waals surface area contributed by atoms with E-state index < -0.39 is 12.1 Å². The third-order valence-corrected chi connectivity index (χ3v) is 4.40. The van der Waals surface area contributed by atoms with Crippen molar-refractivity contribution in [1.82, 2.24) is 10.7 Å². The number of carbonyl (C=O) groups excluding carboxylic acids is 2. The Morgan fingerprint density at radius 3 is 2.59 bits per heavy atom. The van der Waals surface area contributed by atoms with Gasteiger partial charge in [0.1, 0.15) is 0 Å². The van der Waals surface area contributed by atoms with Gasteiger partial charge in [0.2, 0.25) is 5.91 Å². The maximum atomic E-state index is 12.5. The fraction of sp³-hybridized carbons (Fsp3) is 0.292. The lowest BCUT2D eigenvalue weighted by Gasteiger charge is -2.18. The van der Waals surface area contributed by atoms with Gasteiger partial charge in [-0.05, 0) is 43.5 Å². The zero-order valence-electron chi connectivity index (χ0n) is 18.3. The number of nitrogens with one attached hydrogen (secondary N) is 2. The topological polar surface area (TPSA) is 109 Å². The highest BCUT2D eigenvalue weighted by Gasteiger charge is 2.19. The average molecular weight is 440 g/mol. The predicted octanol–water partition coefficient (Wildman–Crippen LogP) is 3.85. The molecule has 0 fully saturated rings. The predicted molar refractivity (Wildman–Crippen MR) is 123 cm³/mol. The van der Waals surface area contributed by atoms with Gasteiger partial charge in [0.15, 0.2) is 11.5 Å². The minimum absolute atomic E-state index is 0.0261. The van der Waals surface area contributed by atoms with Gasteiger partial charge in [-0.15, -0.1) is 6.58 Å². The van der Waals surface area contributed by atoms with E-state index in [1.807, 2.05) is 37.3 Å². The van der Waals surface area contributed by atoms with Crippen molar-refractivity contribution >= 4 is 18.2 Å². The van der Waals surface area contributed by atoms with Crippen molar-refractivity contribution in [2.45, 2.75) is 32.7 Å². The van der Waals surface area contributed by atoms with E-state index >= 15 is 0 Å². The van der Waals surface area contributed by atoms with E-state index in [1.165, 1.54) is 6.21 Å². The van der Waals surface area contributed by atoms with Crippen molar-refractivity contribution in [1.29, 1.82) is 0 Å². The van der Waals surface area contributed by atoms with Gasteiger partial charge in [-0.2, -0.15) is 5.10 Å². The van der Waals surface area contributed by atoms with Gasteiger partial charge in [-0.25, -0.2) is 10.2 Å². The molecule has 0 heterocycles. The molecule has 0 saturated heterocycles.